The molecule has 10 nitrogen and oxygen atoms in total. The molecule has 140 valence electrons. The number of carbonyl (C=O) groups is 2. The van der Waals surface area contributed by atoms with Crippen LogP contribution in [0.15, 0.2) is 52.1 Å². The van der Waals surface area contributed by atoms with Crippen LogP contribution in [0.2, 0.25) is 0 Å². The van der Waals surface area contributed by atoms with Gasteiger partial charge in [-0.2, -0.15) is 0 Å². The Kier molecular flexibility index (Phi) is 4.62. The normalized spacial score (nSPS) is 14.1. The number of hydrogen-bond acceptors (Lipinski definition) is 7. The fourth-order valence-electron chi connectivity index (χ4n) is 2.67. The highest BCUT2D eigenvalue weighted by molar-refractivity contribution is 6.10. The maximum atomic E-state index is 12.5. The van der Waals surface area contributed by atoms with E-state index in [1.807, 2.05) is 13.0 Å². The Morgan fingerprint density at radius 1 is 0.964 bits per heavy atom. The standard InChI is InChI=1S/C18H12N4O6/c1-9-3-4-10(2)11(5-9)17(23)8-14-18(24)20-13-7-16(22(27)28)15(21(25)26)6-12(13)19-14/h3-8H,1-2H3/b14-8-. The molecule has 3 rings (SSSR count). The lowest BCUT2D eigenvalue weighted by atomic mass is 10.0. The molecule has 1 aliphatic heterocycles. The smallest absolute Gasteiger partial charge is 0.289 e. The van der Waals surface area contributed by atoms with E-state index in [2.05, 4.69) is 9.98 Å². The van der Waals surface area contributed by atoms with Crippen LogP contribution in [0.4, 0.5) is 11.4 Å². The van der Waals surface area contributed by atoms with Gasteiger partial charge >= 0.3 is 11.4 Å². The molecule has 28 heavy (non-hydrogen) atoms. The molecular formula is C18H12N4O6. The minimum absolute atomic E-state index is 0.100. The molecule has 0 aromatic heterocycles. The van der Waals surface area contributed by atoms with Gasteiger partial charge in [0, 0.05) is 11.6 Å². The van der Waals surface area contributed by atoms with Crippen molar-refractivity contribution in [3.63, 3.8) is 0 Å². The summed E-state index contributed by atoms with van der Waals surface area (Å²) in [6.45, 7) is 3.56. The largest absolute Gasteiger partial charge is 0.348 e. The number of aryl methyl sites for hydroxylation is 2. The van der Waals surface area contributed by atoms with E-state index in [0.29, 0.717) is 11.1 Å². The third-order valence-corrected chi connectivity index (χ3v) is 4.07. The lowest BCUT2D eigenvalue weighted by Crippen LogP contribution is -2.32. The van der Waals surface area contributed by atoms with Crippen molar-refractivity contribution in [1.29, 1.82) is 0 Å². The van der Waals surface area contributed by atoms with Crippen molar-refractivity contribution in [3.8, 4) is 0 Å². The molecule has 0 bridgehead atoms. The lowest BCUT2D eigenvalue weighted by molar-refractivity contribution is -0.422. The second-order valence-electron chi connectivity index (χ2n) is 6.08. The highest BCUT2D eigenvalue weighted by Gasteiger charge is 2.26. The second kappa shape index (κ2) is 6.91. The van der Waals surface area contributed by atoms with Crippen LogP contribution < -0.4 is 10.7 Å². The van der Waals surface area contributed by atoms with Crippen LogP contribution in [0, 0.1) is 34.1 Å². The summed E-state index contributed by atoms with van der Waals surface area (Å²) < 4.78 is 0. The first-order valence-electron chi connectivity index (χ1n) is 7.95. The summed E-state index contributed by atoms with van der Waals surface area (Å²) in [5, 5.41) is 21.8. The number of nitro groups is 2. The van der Waals surface area contributed by atoms with Crippen LogP contribution >= 0.6 is 0 Å². The minimum atomic E-state index is -0.937. The Hall–Kier alpha value is -4.08. The van der Waals surface area contributed by atoms with Crippen molar-refractivity contribution in [1.82, 2.24) is 0 Å². The van der Waals surface area contributed by atoms with E-state index in [9.17, 15) is 29.8 Å². The van der Waals surface area contributed by atoms with Gasteiger partial charge in [0.05, 0.1) is 27.3 Å². The average Bonchev–Trinajstić information content (AvgIpc) is 2.63. The van der Waals surface area contributed by atoms with Gasteiger partial charge in [0.15, 0.2) is 5.78 Å². The maximum absolute atomic E-state index is 12.5. The van der Waals surface area contributed by atoms with E-state index in [-0.39, 0.29) is 16.4 Å². The average molecular weight is 380 g/mol. The van der Waals surface area contributed by atoms with Crippen LogP contribution in [0.3, 0.4) is 0 Å². The van der Waals surface area contributed by atoms with E-state index in [1.165, 1.54) is 0 Å². The third-order valence-electron chi connectivity index (χ3n) is 4.07. The number of fused-ring (bicyclic) bond motifs is 1. The molecule has 0 aliphatic carbocycles. The SMILES string of the molecule is Cc1ccc(C)c(C(=O)/C=C2\N=c3cc([N+](=O)[O-])c([N+](=O)[O-])cc3=NC2=O)c1. The number of allylic oxidation sites excluding steroid dienone is 1. The van der Waals surface area contributed by atoms with Gasteiger partial charge in [-0.15, -0.1) is 0 Å². The van der Waals surface area contributed by atoms with Crippen molar-refractivity contribution < 1.29 is 19.4 Å². The summed E-state index contributed by atoms with van der Waals surface area (Å²) in [6, 6.07) is 6.95. The zero-order valence-electron chi connectivity index (χ0n) is 14.7. The Morgan fingerprint density at radius 3 is 2.11 bits per heavy atom. The predicted octanol–water partition coefficient (Wildman–Crippen LogP) is 1.67. The summed E-state index contributed by atoms with van der Waals surface area (Å²) in [5.41, 5.74) is 0.0701. The molecule has 0 saturated carbocycles. The van der Waals surface area contributed by atoms with Crippen molar-refractivity contribution in [2.45, 2.75) is 13.8 Å². The molecule has 0 spiro atoms. The van der Waals surface area contributed by atoms with Gasteiger partial charge in [-0.05, 0) is 25.5 Å². The summed E-state index contributed by atoms with van der Waals surface area (Å²) in [6.07, 6.45) is 1.00. The van der Waals surface area contributed by atoms with Gasteiger partial charge in [-0.1, -0.05) is 17.7 Å². The first kappa shape index (κ1) is 18.7. The molecule has 0 atom stereocenters. The number of benzene rings is 2. The quantitative estimate of drug-likeness (QED) is 0.341. The third kappa shape index (κ3) is 3.43. The highest BCUT2D eigenvalue weighted by atomic mass is 16.6. The summed E-state index contributed by atoms with van der Waals surface area (Å²) in [4.78, 5) is 52.6. The summed E-state index contributed by atoms with van der Waals surface area (Å²) >= 11 is 0. The van der Waals surface area contributed by atoms with Gasteiger partial charge in [-0.3, -0.25) is 29.8 Å². The number of ketones is 1. The molecule has 0 N–H and O–H groups in total. The Balaban J connectivity index is 2.15. The first-order valence-corrected chi connectivity index (χ1v) is 7.95. The van der Waals surface area contributed by atoms with E-state index in [1.54, 1.807) is 19.1 Å². The molecule has 0 unspecified atom stereocenters. The molecule has 1 amide bonds. The van der Waals surface area contributed by atoms with Crippen molar-refractivity contribution in [3.05, 3.63) is 89.7 Å². The molecule has 2 aromatic rings. The van der Waals surface area contributed by atoms with E-state index < -0.39 is 32.9 Å². The monoisotopic (exact) mass is 380 g/mol. The zero-order chi connectivity index (χ0) is 20.6. The van der Waals surface area contributed by atoms with E-state index >= 15 is 0 Å². The minimum Gasteiger partial charge on any atom is -0.289 e. The van der Waals surface area contributed by atoms with Crippen molar-refractivity contribution in [2.75, 3.05) is 0 Å². The molecule has 0 fully saturated rings. The predicted molar refractivity (Wildman–Crippen MR) is 95.4 cm³/mol. The number of hydrogen-bond donors (Lipinski definition) is 0. The number of nitrogens with zero attached hydrogens (tertiary/aromatic N) is 4. The fourth-order valence-corrected chi connectivity index (χ4v) is 2.67. The number of rotatable bonds is 4. The fraction of sp³-hybridized carbons (Fsp3) is 0.111. The van der Waals surface area contributed by atoms with Crippen LogP contribution in [0.25, 0.3) is 0 Å². The molecule has 1 heterocycles. The van der Waals surface area contributed by atoms with Gasteiger partial charge in [0.25, 0.3) is 5.91 Å². The van der Waals surface area contributed by atoms with Crippen LogP contribution in [0.1, 0.15) is 21.5 Å². The number of nitro benzene ring substituents is 2. The Morgan fingerprint density at radius 2 is 1.54 bits per heavy atom. The second-order valence-corrected chi connectivity index (χ2v) is 6.08. The molecule has 2 aromatic carbocycles. The van der Waals surface area contributed by atoms with Crippen molar-refractivity contribution >= 4 is 23.1 Å². The molecule has 1 aliphatic rings. The molecule has 0 radical (unpaired) electrons. The summed E-state index contributed by atoms with van der Waals surface area (Å²) in [5.74, 6) is -1.34. The zero-order valence-corrected chi connectivity index (χ0v) is 14.7. The molecule has 0 saturated heterocycles. The maximum Gasteiger partial charge on any atom is 0.348 e. The first-order chi connectivity index (χ1) is 13.2. The van der Waals surface area contributed by atoms with Crippen LogP contribution in [0.5, 0.6) is 0 Å². The van der Waals surface area contributed by atoms with Crippen LogP contribution in [-0.4, -0.2) is 21.5 Å². The summed E-state index contributed by atoms with van der Waals surface area (Å²) in [7, 11) is 0. The van der Waals surface area contributed by atoms with Crippen molar-refractivity contribution in [2.24, 2.45) is 9.98 Å². The van der Waals surface area contributed by atoms with E-state index in [4.69, 9.17) is 0 Å². The molecular weight excluding hydrogens is 368 g/mol. The highest BCUT2D eigenvalue weighted by Crippen LogP contribution is 2.23. The van der Waals surface area contributed by atoms with Gasteiger partial charge in [0.2, 0.25) is 0 Å². The van der Waals surface area contributed by atoms with Crippen LogP contribution in [-0.2, 0) is 4.79 Å². The van der Waals surface area contributed by atoms with Gasteiger partial charge in [0.1, 0.15) is 11.1 Å². The number of amides is 1. The topological polar surface area (TPSA) is 145 Å². The van der Waals surface area contributed by atoms with Gasteiger partial charge < -0.3 is 0 Å². The number of carbonyl (C=O) groups excluding carboxylic acids is 2. The van der Waals surface area contributed by atoms with Gasteiger partial charge in [-0.25, -0.2) is 9.98 Å². The lowest BCUT2D eigenvalue weighted by Gasteiger charge is -2.05. The molecule has 10 heteroatoms. The Labute approximate surface area is 156 Å². The van der Waals surface area contributed by atoms with E-state index in [0.717, 1.165) is 23.8 Å². The Bertz CT molecular complexity index is 1230.